The lowest BCUT2D eigenvalue weighted by Gasteiger charge is -2.09. The molecular formula is C23H17ClN4O4S. The minimum atomic E-state index is -3.76. The first-order valence-electron chi connectivity index (χ1n) is 9.81. The molecule has 1 N–H and O–H groups in total. The van der Waals surface area contributed by atoms with Gasteiger partial charge in [0, 0.05) is 17.5 Å². The van der Waals surface area contributed by atoms with Crippen LogP contribution in [0.4, 0.5) is 5.69 Å². The van der Waals surface area contributed by atoms with Crippen molar-refractivity contribution >= 4 is 44.1 Å². The maximum Gasteiger partial charge on any atom is 0.275 e. The second-order valence-electron chi connectivity index (χ2n) is 7.26. The highest BCUT2D eigenvalue weighted by Gasteiger charge is 2.22. The fraction of sp³-hybridized carbons (Fsp3) is 0.130. The van der Waals surface area contributed by atoms with Crippen LogP contribution in [0.2, 0.25) is 5.02 Å². The predicted octanol–water partition coefficient (Wildman–Crippen LogP) is 4.63. The van der Waals surface area contributed by atoms with Gasteiger partial charge in [0.2, 0.25) is 5.89 Å². The van der Waals surface area contributed by atoms with Crippen LogP contribution in [-0.4, -0.2) is 30.5 Å². The second kappa shape index (κ2) is 8.65. The van der Waals surface area contributed by atoms with E-state index in [0.717, 1.165) is 18.2 Å². The van der Waals surface area contributed by atoms with E-state index in [1.807, 2.05) is 24.3 Å². The molecule has 0 atom stereocenters. The van der Waals surface area contributed by atoms with Gasteiger partial charge in [-0.15, -0.1) is 0 Å². The quantitative estimate of drug-likeness (QED) is 0.441. The monoisotopic (exact) mass is 480 g/mol. The smallest absolute Gasteiger partial charge is 0.275 e. The van der Waals surface area contributed by atoms with Gasteiger partial charge in [-0.2, -0.15) is 5.26 Å². The highest BCUT2D eigenvalue weighted by Crippen LogP contribution is 2.32. The van der Waals surface area contributed by atoms with Crippen molar-refractivity contribution in [3.05, 3.63) is 70.5 Å². The Morgan fingerprint density at radius 2 is 1.88 bits per heavy atom. The molecule has 2 aromatic heterocycles. The molecule has 10 heteroatoms. The molecule has 0 unspecified atom stereocenters. The average Bonchev–Trinajstić information content (AvgIpc) is 3.23. The zero-order chi connectivity index (χ0) is 23.8. The van der Waals surface area contributed by atoms with Crippen molar-refractivity contribution in [1.82, 2.24) is 9.97 Å². The Kier molecular flexibility index (Phi) is 5.89. The van der Waals surface area contributed by atoms with E-state index in [2.05, 4.69) is 22.2 Å². The van der Waals surface area contributed by atoms with Crippen LogP contribution in [0.1, 0.15) is 28.7 Å². The number of amides is 1. The Morgan fingerprint density at radius 3 is 2.52 bits per heavy atom. The Hall–Kier alpha value is -3.74. The Balaban J connectivity index is 1.70. The minimum Gasteiger partial charge on any atom is -0.435 e. The number of sulfone groups is 1. The number of aryl methyl sites for hydroxylation is 1. The molecule has 4 rings (SSSR count). The molecule has 0 saturated heterocycles. The highest BCUT2D eigenvalue weighted by atomic mass is 35.5. The molecular weight excluding hydrogens is 464 g/mol. The molecule has 0 radical (unpaired) electrons. The van der Waals surface area contributed by atoms with E-state index in [4.69, 9.17) is 21.3 Å². The van der Waals surface area contributed by atoms with Gasteiger partial charge in [-0.25, -0.2) is 18.4 Å². The summed E-state index contributed by atoms with van der Waals surface area (Å²) in [5.74, 6) is -0.428. The number of nitrogens with one attached hydrogen (secondary N) is 1. The molecule has 0 spiro atoms. The number of rotatable bonds is 5. The van der Waals surface area contributed by atoms with E-state index in [1.54, 1.807) is 12.1 Å². The Morgan fingerprint density at radius 1 is 1.15 bits per heavy atom. The van der Waals surface area contributed by atoms with Gasteiger partial charge in [0.05, 0.1) is 9.92 Å². The summed E-state index contributed by atoms with van der Waals surface area (Å²) in [7, 11) is -3.76. The first-order valence-corrected chi connectivity index (χ1v) is 12.1. The summed E-state index contributed by atoms with van der Waals surface area (Å²) in [6.07, 6.45) is 1.87. The Bertz CT molecular complexity index is 1540. The molecule has 2 aromatic carbocycles. The lowest BCUT2D eigenvalue weighted by molar-refractivity contribution is 0.101. The number of halogens is 1. The number of aromatic nitrogens is 2. The third kappa shape index (κ3) is 4.58. The van der Waals surface area contributed by atoms with Gasteiger partial charge in [-0.05, 0) is 48.4 Å². The average molecular weight is 481 g/mol. The van der Waals surface area contributed by atoms with Crippen molar-refractivity contribution < 1.29 is 17.6 Å². The van der Waals surface area contributed by atoms with E-state index >= 15 is 0 Å². The van der Waals surface area contributed by atoms with Gasteiger partial charge in [-0.1, -0.05) is 30.7 Å². The molecule has 33 heavy (non-hydrogen) atoms. The third-order valence-electron chi connectivity index (χ3n) is 4.90. The number of oxazole rings is 1. The maximum atomic E-state index is 12.8. The van der Waals surface area contributed by atoms with Gasteiger partial charge in [0.1, 0.15) is 23.0 Å². The molecule has 0 aliphatic carbocycles. The summed E-state index contributed by atoms with van der Waals surface area (Å²) in [4.78, 5) is 20.9. The van der Waals surface area contributed by atoms with Crippen molar-refractivity contribution in [2.75, 3.05) is 11.6 Å². The SMILES string of the molecule is CCc1ccc(-c2nc3cc(NC(=O)c4nc(C#N)ccc4S(C)(=O)=O)cc(Cl)c3o2)cc1. The van der Waals surface area contributed by atoms with Crippen LogP contribution < -0.4 is 5.32 Å². The summed E-state index contributed by atoms with van der Waals surface area (Å²) in [6, 6.07) is 15.0. The number of hydrogen-bond acceptors (Lipinski definition) is 7. The van der Waals surface area contributed by atoms with E-state index in [1.165, 1.54) is 23.8 Å². The summed E-state index contributed by atoms with van der Waals surface area (Å²) in [6.45, 7) is 2.06. The normalized spacial score (nSPS) is 11.3. The molecule has 4 aromatic rings. The number of fused-ring (bicyclic) bond motifs is 1. The number of carbonyl (C=O) groups is 1. The fourth-order valence-electron chi connectivity index (χ4n) is 3.23. The zero-order valence-corrected chi connectivity index (χ0v) is 19.2. The van der Waals surface area contributed by atoms with Crippen LogP contribution >= 0.6 is 11.6 Å². The summed E-state index contributed by atoms with van der Waals surface area (Å²) in [5, 5.41) is 11.9. The fourth-order valence-corrected chi connectivity index (χ4v) is 4.29. The van der Waals surface area contributed by atoms with Gasteiger partial charge in [0.15, 0.2) is 15.4 Å². The minimum absolute atomic E-state index is 0.0868. The highest BCUT2D eigenvalue weighted by molar-refractivity contribution is 7.90. The molecule has 8 nitrogen and oxygen atoms in total. The van der Waals surface area contributed by atoms with E-state index in [-0.39, 0.29) is 27.0 Å². The van der Waals surface area contributed by atoms with Crippen molar-refractivity contribution in [2.24, 2.45) is 0 Å². The van der Waals surface area contributed by atoms with Crippen LogP contribution in [0.5, 0.6) is 0 Å². The number of hydrogen-bond donors (Lipinski definition) is 1. The van der Waals surface area contributed by atoms with Crippen LogP contribution in [0.25, 0.3) is 22.6 Å². The Labute approximate surface area is 194 Å². The molecule has 1 amide bonds. The van der Waals surface area contributed by atoms with Crippen LogP contribution in [0.3, 0.4) is 0 Å². The lowest BCUT2D eigenvalue weighted by Crippen LogP contribution is -2.18. The summed E-state index contributed by atoms with van der Waals surface area (Å²) < 4.78 is 30.0. The first kappa shape index (κ1) is 22.5. The van der Waals surface area contributed by atoms with E-state index in [0.29, 0.717) is 17.0 Å². The third-order valence-corrected chi connectivity index (χ3v) is 6.31. The van der Waals surface area contributed by atoms with Gasteiger partial charge < -0.3 is 9.73 Å². The predicted molar refractivity (Wildman–Crippen MR) is 124 cm³/mol. The van der Waals surface area contributed by atoms with Crippen molar-refractivity contribution in [2.45, 2.75) is 18.2 Å². The largest absolute Gasteiger partial charge is 0.435 e. The number of nitrogens with zero attached hydrogens (tertiary/aromatic N) is 3. The van der Waals surface area contributed by atoms with Crippen LogP contribution in [-0.2, 0) is 16.3 Å². The number of benzene rings is 2. The number of nitriles is 1. The zero-order valence-electron chi connectivity index (χ0n) is 17.6. The molecule has 0 aliphatic heterocycles. The van der Waals surface area contributed by atoms with Gasteiger partial charge in [0.25, 0.3) is 5.91 Å². The molecule has 2 heterocycles. The lowest BCUT2D eigenvalue weighted by atomic mass is 10.1. The summed E-state index contributed by atoms with van der Waals surface area (Å²) in [5.41, 5.74) is 2.52. The number of carbonyl (C=O) groups excluding carboxylic acids is 1. The molecule has 0 fully saturated rings. The van der Waals surface area contributed by atoms with Crippen molar-refractivity contribution in [3.8, 4) is 17.5 Å². The molecule has 0 bridgehead atoms. The van der Waals surface area contributed by atoms with Crippen molar-refractivity contribution in [3.63, 3.8) is 0 Å². The molecule has 166 valence electrons. The van der Waals surface area contributed by atoms with Gasteiger partial charge >= 0.3 is 0 Å². The second-order valence-corrected chi connectivity index (χ2v) is 9.65. The molecule has 0 saturated carbocycles. The molecule has 0 aliphatic rings. The van der Waals surface area contributed by atoms with Crippen LogP contribution in [0, 0.1) is 11.3 Å². The topological polar surface area (TPSA) is 126 Å². The standard InChI is InChI=1S/C23H17ClN4O4S/c1-3-13-4-6-14(7-5-13)23-28-18-11-16(10-17(24)21(18)32-23)27-22(29)20-19(33(2,30)31)9-8-15(12-25)26-20/h4-11H,3H2,1-2H3,(H,27,29). The maximum absolute atomic E-state index is 12.8. The van der Waals surface area contributed by atoms with E-state index < -0.39 is 15.7 Å². The van der Waals surface area contributed by atoms with Gasteiger partial charge in [-0.3, -0.25) is 4.79 Å². The van der Waals surface area contributed by atoms with E-state index in [9.17, 15) is 13.2 Å². The van der Waals surface area contributed by atoms with Crippen molar-refractivity contribution in [1.29, 1.82) is 5.26 Å². The number of anilines is 1. The first-order chi connectivity index (χ1) is 15.7. The van der Waals surface area contributed by atoms with Crippen LogP contribution in [0.15, 0.2) is 57.8 Å². The summed E-state index contributed by atoms with van der Waals surface area (Å²) >= 11 is 6.35. The number of pyridine rings is 1.